The van der Waals surface area contributed by atoms with E-state index >= 15 is 4.39 Å². The summed E-state index contributed by atoms with van der Waals surface area (Å²) in [5.41, 5.74) is 1.53. The third-order valence-electron chi connectivity index (χ3n) is 6.03. The second kappa shape index (κ2) is 8.31. The Labute approximate surface area is 176 Å². The second-order valence-corrected chi connectivity index (χ2v) is 8.06. The summed E-state index contributed by atoms with van der Waals surface area (Å²) in [7, 11) is 1.62. The first-order valence-corrected chi connectivity index (χ1v) is 10.3. The van der Waals surface area contributed by atoms with Gasteiger partial charge in [-0.1, -0.05) is 60.2 Å². The minimum Gasteiger partial charge on any atom is -0.497 e. The van der Waals surface area contributed by atoms with Crippen molar-refractivity contribution in [3.63, 3.8) is 0 Å². The number of amides is 1. The van der Waals surface area contributed by atoms with Crippen LogP contribution in [0.15, 0.2) is 78.9 Å². The number of benzene rings is 3. The molecule has 30 heavy (non-hydrogen) atoms. The first-order chi connectivity index (χ1) is 14.5. The van der Waals surface area contributed by atoms with Crippen molar-refractivity contribution in [3.05, 3.63) is 95.6 Å². The van der Waals surface area contributed by atoms with E-state index in [4.69, 9.17) is 4.74 Å². The number of rotatable bonds is 5. The van der Waals surface area contributed by atoms with Gasteiger partial charge in [0.1, 0.15) is 5.75 Å². The number of anilines is 1. The molecule has 0 spiro atoms. The molecule has 154 valence electrons. The van der Waals surface area contributed by atoms with Crippen LogP contribution in [-0.2, 0) is 4.79 Å². The van der Waals surface area contributed by atoms with E-state index < -0.39 is 17.5 Å². The minimum absolute atomic E-state index is 0.0721. The van der Waals surface area contributed by atoms with Crippen molar-refractivity contribution >= 4 is 11.6 Å². The molecule has 3 atom stereocenters. The lowest BCUT2D eigenvalue weighted by molar-refractivity contribution is -0.128. The number of nitrogens with one attached hydrogen (secondary N) is 1. The van der Waals surface area contributed by atoms with Crippen LogP contribution in [0.3, 0.4) is 0 Å². The van der Waals surface area contributed by atoms with Gasteiger partial charge in [0.15, 0.2) is 5.67 Å². The van der Waals surface area contributed by atoms with E-state index in [2.05, 4.69) is 5.32 Å². The smallest absolute Gasteiger partial charge is 0.262 e. The molecular formula is C26H26FNO2. The van der Waals surface area contributed by atoms with Gasteiger partial charge in [0.25, 0.3) is 5.91 Å². The summed E-state index contributed by atoms with van der Waals surface area (Å²) >= 11 is 0. The van der Waals surface area contributed by atoms with Crippen molar-refractivity contribution in [3.8, 4) is 5.75 Å². The van der Waals surface area contributed by atoms with Crippen LogP contribution in [0.2, 0.25) is 0 Å². The Kier molecular flexibility index (Phi) is 5.58. The average Bonchev–Trinajstić information content (AvgIpc) is 3.13. The molecule has 0 bridgehead atoms. The highest BCUT2D eigenvalue weighted by Gasteiger charge is 2.54. The fraction of sp³-hybridized carbons (Fsp3) is 0.269. The fourth-order valence-corrected chi connectivity index (χ4v) is 4.50. The van der Waals surface area contributed by atoms with Crippen LogP contribution in [-0.4, -0.2) is 18.7 Å². The number of carbonyl (C=O) groups is 1. The molecule has 1 N–H and O–H groups in total. The van der Waals surface area contributed by atoms with E-state index in [1.165, 1.54) is 0 Å². The van der Waals surface area contributed by atoms with Gasteiger partial charge in [-0.3, -0.25) is 4.79 Å². The largest absolute Gasteiger partial charge is 0.497 e. The van der Waals surface area contributed by atoms with E-state index in [1.807, 2.05) is 73.7 Å². The number of ether oxygens (including phenoxy) is 1. The number of aryl methyl sites for hydroxylation is 1. The lowest BCUT2D eigenvalue weighted by atomic mass is 9.85. The molecule has 1 saturated carbocycles. The van der Waals surface area contributed by atoms with Crippen molar-refractivity contribution < 1.29 is 13.9 Å². The average molecular weight is 403 g/mol. The Bertz CT molecular complexity index is 1040. The summed E-state index contributed by atoms with van der Waals surface area (Å²) in [5.74, 6) is -0.426. The van der Waals surface area contributed by atoms with Crippen molar-refractivity contribution in [2.24, 2.45) is 0 Å². The highest BCUT2D eigenvalue weighted by Crippen LogP contribution is 2.53. The highest BCUT2D eigenvalue weighted by molar-refractivity contribution is 5.98. The molecule has 0 radical (unpaired) electrons. The normalized spacial score (nSPS) is 23.2. The lowest BCUT2D eigenvalue weighted by Crippen LogP contribution is -2.41. The van der Waals surface area contributed by atoms with Crippen LogP contribution >= 0.6 is 0 Å². The summed E-state index contributed by atoms with van der Waals surface area (Å²) in [4.78, 5) is 13.2. The molecule has 0 aliphatic heterocycles. The maximum absolute atomic E-state index is 16.5. The molecule has 1 aliphatic rings. The third kappa shape index (κ3) is 3.95. The molecule has 3 nitrogen and oxygen atoms in total. The Morgan fingerprint density at radius 3 is 2.47 bits per heavy atom. The van der Waals surface area contributed by atoms with E-state index in [9.17, 15) is 4.79 Å². The number of hydrogen-bond donors (Lipinski definition) is 1. The van der Waals surface area contributed by atoms with Gasteiger partial charge in [0.2, 0.25) is 0 Å². The summed E-state index contributed by atoms with van der Waals surface area (Å²) in [6.07, 6.45) is 0.701. The summed E-state index contributed by atoms with van der Waals surface area (Å²) in [5, 5.41) is 2.79. The standard InChI is InChI=1S/C26H26FNO2/c1-18-8-6-10-20(14-18)24-16-21(19-9-7-13-23(15-19)30-2)17-26(24,27)25(29)28-22-11-4-3-5-12-22/h3-15,21,24H,16-17H2,1-2H3,(H,28,29)/t21-,24+,26-/m1/s1. The van der Waals surface area contributed by atoms with Gasteiger partial charge in [-0.15, -0.1) is 0 Å². The Hall–Kier alpha value is -3.14. The molecule has 0 saturated heterocycles. The number of halogens is 1. The SMILES string of the molecule is COc1cccc([C@@H]2C[C@@H](c3cccc(C)c3)[C@@](F)(C(=O)Nc3ccccc3)C2)c1. The fourth-order valence-electron chi connectivity index (χ4n) is 4.50. The quantitative estimate of drug-likeness (QED) is 0.566. The molecule has 0 aromatic heterocycles. The first-order valence-electron chi connectivity index (χ1n) is 10.3. The van der Waals surface area contributed by atoms with E-state index in [1.54, 1.807) is 19.2 Å². The summed E-state index contributed by atoms with van der Waals surface area (Å²) in [6.45, 7) is 1.99. The van der Waals surface area contributed by atoms with Gasteiger partial charge in [-0.05, 0) is 61.1 Å². The maximum Gasteiger partial charge on any atom is 0.262 e. The lowest BCUT2D eigenvalue weighted by Gasteiger charge is -2.27. The van der Waals surface area contributed by atoms with Gasteiger partial charge >= 0.3 is 0 Å². The Morgan fingerprint density at radius 1 is 1.00 bits per heavy atom. The zero-order valence-corrected chi connectivity index (χ0v) is 17.3. The molecule has 3 aromatic rings. The van der Waals surface area contributed by atoms with Crippen LogP contribution in [0.25, 0.3) is 0 Å². The summed E-state index contributed by atoms with van der Waals surface area (Å²) in [6, 6.07) is 24.6. The van der Waals surface area contributed by atoms with Gasteiger partial charge in [0.05, 0.1) is 7.11 Å². The van der Waals surface area contributed by atoms with Gasteiger partial charge in [-0.2, -0.15) is 0 Å². The van der Waals surface area contributed by atoms with Crippen molar-refractivity contribution in [2.45, 2.75) is 37.3 Å². The molecule has 0 unspecified atom stereocenters. The monoisotopic (exact) mass is 403 g/mol. The molecular weight excluding hydrogens is 377 g/mol. The van der Waals surface area contributed by atoms with E-state index in [0.717, 1.165) is 22.4 Å². The second-order valence-electron chi connectivity index (χ2n) is 8.06. The molecule has 1 aliphatic carbocycles. The van der Waals surface area contributed by atoms with Crippen LogP contribution in [0.1, 0.15) is 41.4 Å². The predicted molar refractivity (Wildman–Crippen MR) is 118 cm³/mol. The van der Waals surface area contributed by atoms with Gasteiger partial charge in [0, 0.05) is 11.6 Å². The van der Waals surface area contributed by atoms with E-state index in [0.29, 0.717) is 12.1 Å². The van der Waals surface area contributed by atoms with Crippen LogP contribution in [0.5, 0.6) is 5.75 Å². The molecule has 4 heteroatoms. The van der Waals surface area contributed by atoms with Crippen molar-refractivity contribution in [1.82, 2.24) is 0 Å². The van der Waals surface area contributed by atoms with Gasteiger partial charge in [-0.25, -0.2) is 4.39 Å². The molecule has 3 aromatic carbocycles. The number of alkyl halides is 1. The minimum atomic E-state index is -2.00. The topological polar surface area (TPSA) is 38.3 Å². The van der Waals surface area contributed by atoms with Crippen molar-refractivity contribution in [1.29, 1.82) is 0 Å². The Morgan fingerprint density at radius 2 is 1.73 bits per heavy atom. The zero-order valence-electron chi connectivity index (χ0n) is 17.3. The number of carbonyl (C=O) groups excluding carboxylic acids is 1. The maximum atomic E-state index is 16.5. The number of methoxy groups -OCH3 is 1. The van der Waals surface area contributed by atoms with Crippen LogP contribution in [0.4, 0.5) is 10.1 Å². The molecule has 0 heterocycles. The Balaban J connectivity index is 1.69. The number of para-hydroxylation sites is 1. The molecule has 1 fully saturated rings. The zero-order chi connectivity index (χ0) is 21.1. The number of hydrogen-bond acceptors (Lipinski definition) is 2. The van der Waals surface area contributed by atoms with Gasteiger partial charge < -0.3 is 10.1 Å². The van der Waals surface area contributed by atoms with Crippen LogP contribution in [0, 0.1) is 6.92 Å². The van der Waals surface area contributed by atoms with E-state index in [-0.39, 0.29) is 12.3 Å². The van der Waals surface area contributed by atoms with Crippen LogP contribution < -0.4 is 10.1 Å². The van der Waals surface area contributed by atoms with Crippen molar-refractivity contribution in [2.75, 3.05) is 12.4 Å². The molecule has 1 amide bonds. The predicted octanol–water partition coefficient (Wildman–Crippen LogP) is 6.01. The highest BCUT2D eigenvalue weighted by atomic mass is 19.1. The third-order valence-corrected chi connectivity index (χ3v) is 6.03. The summed E-state index contributed by atoms with van der Waals surface area (Å²) < 4.78 is 21.9. The molecule has 4 rings (SSSR count). The first kappa shape index (κ1) is 20.1.